The highest BCUT2D eigenvalue weighted by Crippen LogP contribution is 2.51. The first-order chi connectivity index (χ1) is 11.7. The zero-order valence-electron chi connectivity index (χ0n) is 14.8. The molecule has 1 aromatic heterocycles. The minimum Gasteiger partial charge on any atom is -0.363 e. The SMILES string of the molecule is CC(C)OP(=O)(CO[C@H]1CO[C@@H](n2c(=O)cc[nH]c2=O)C1)OC(C)C. The van der Waals surface area contributed by atoms with Crippen LogP contribution in [0.4, 0.5) is 0 Å². The maximum absolute atomic E-state index is 12.7. The molecule has 0 saturated carbocycles. The largest absolute Gasteiger partial charge is 0.363 e. The number of ether oxygens (including phenoxy) is 2. The third-order valence-corrected chi connectivity index (χ3v) is 5.28. The van der Waals surface area contributed by atoms with Gasteiger partial charge in [0.25, 0.3) is 5.56 Å². The molecule has 1 aromatic rings. The zero-order valence-corrected chi connectivity index (χ0v) is 15.7. The second-order valence-electron chi connectivity index (χ2n) is 6.35. The molecule has 1 N–H and O–H groups in total. The first kappa shape index (κ1) is 20.1. The summed E-state index contributed by atoms with van der Waals surface area (Å²) >= 11 is 0. The first-order valence-electron chi connectivity index (χ1n) is 8.19. The van der Waals surface area contributed by atoms with Gasteiger partial charge in [-0.3, -0.25) is 9.36 Å². The van der Waals surface area contributed by atoms with E-state index in [2.05, 4.69) is 4.98 Å². The number of rotatable bonds is 8. The Morgan fingerprint density at radius 3 is 2.48 bits per heavy atom. The number of nitrogens with one attached hydrogen (secondary N) is 1. The Balaban J connectivity index is 1.99. The van der Waals surface area contributed by atoms with Gasteiger partial charge in [0.05, 0.1) is 24.9 Å². The van der Waals surface area contributed by atoms with Crippen molar-refractivity contribution in [1.82, 2.24) is 9.55 Å². The molecule has 1 saturated heterocycles. The molecule has 0 bridgehead atoms. The molecule has 0 aromatic carbocycles. The molecule has 0 unspecified atom stereocenters. The van der Waals surface area contributed by atoms with E-state index in [1.165, 1.54) is 12.3 Å². The quantitative estimate of drug-likeness (QED) is 0.690. The third kappa shape index (κ3) is 5.62. The van der Waals surface area contributed by atoms with Crippen molar-refractivity contribution >= 4 is 7.60 Å². The van der Waals surface area contributed by atoms with Crippen molar-refractivity contribution in [2.75, 3.05) is 13.0 Å². The Morgan fingerprint density at radius 1 is 1.28 bits per heavy atom. The van der Waals surface area contributed by atoms with E-state index in [0.717, 1.165) is 4.57 Å². The smallest absolute Gasteiger partial charge is 0.356 e. The number of aromatic amines is 1. The van der Waals surface area contributed by atoms with Crippen LogP contribution in [0.5, 0.6) is 0 Å². The van der Waals surface area contributed by atoms with E-state index in [9.17, 15) is 14.2 Å². The van der Waals surface area contributed by atoms with Crippen LogP contribution in [-0.4, -0.2) is 40.8 Å². The van der Waals surface area contributed by atoms with E-state index in [0.29, 0.717) is 0 Å². The fourth-order valence-corrected chi connectivity index (χ4v) is 4.36. The Kier molecular flexibility index (Phi) is 6.76. The molecule has 1 aliphatic rings. The van der Waals surface area contributed by atoms with Crippen LogP contribution in [-0.2, 0) is 23.1 Å². The van der Waals surface area contributed by atoms with Gasteiger partial charge in [-0.05, 0) is 27.7 Å². The summed E-state index contributed by atoms with van der Waals surface area (Å²) in [4.78, 5) is 26.1. The van der Waals surface area contributed by atoms with Crippen LogP contribution in [0.3, 0.4) is 0 Å². The molecule has 0 amide bonds. The highest BCUT2D eigenvalue weighted by atomic mass is 31.2. The standard InChI is InChI=1S/C15H25N2O7P/c1-10(2)23-25(20,24-11(3)4)9-22-12-7-14(21-8-12)17-13(18)5-6-16-15(17)19/h5-6,10-12,14H,7-9H2,1-4H3,(H,16,19)/t12-,14-/m1/s1. The van der Waals surface area contributed by atoms with Gasteiger partial charge in [0, 0.05) is 18.7 Å². The fourth-order valence-electron chi connectivity index (χ4n) is 2.51. The third-order valence-electron chi connectivity index (χ3n) is 3.33. The predicted molar refractivity (Wildman–Crippen MR) is 90.7 cm³/mol. The van der Waals surface area contributed by atoms with Crippen molar-refractivity contribution < 1.29 is 23.1 Å². The second-order valence-corrected chi connectivity index (χ2v) is 8.25. The molecular weight excluding hydrogens is 351 g/mol. The number of H-pyrrole nitrogens is 1. The van der Waals surface area contributed by atoms with Crippen molar-refractivity contribution in [3.63, 3.8) is 0 Å². The van der Waals surface area contributed by atoms with E-state index in [-0.39, 0.29) is 31.6 Å². The van der Waals surface area contributed by atoms with Crippen LogP contribution in [0, 0.1) is 0 Å². The van der Waals surface area contributed by atoms with Crippen LogP contribution in [0.15, 0.2) is 21.9 Å². The molecule has 0 aliphatic carbocycles. The lowest BCUT2D eigenvalue weighted by Gasteiger charge is -2.23. The Bertz CT molecular complexity index is 685. The molecule has 10 heteroatoms. The molecule has 2 heterocycles. The minimum absolute atomic E-state index is 0.175. The van der Waals surface area contributed by atoms with Gasteiger partial charge < -0.3 is 23.5 Å². The summed E-state index contributed by atoms with van der Waals surface area (Å²) in [6.45, 7) is 7.23. The molecule has 2 atom stereocenters. The van der Waals surface area contributed by atoms with Crippen LogP contribution in [0.1, 0.15) is 40.3 Å². The lowest BCUT2D eigenvalue weighted by molar-refractivity contribution is 0.0266. The topological polar surface area (TPSA) is 109 Å². The molecule has 2 rings (SSSR count). The van der Waals surface area contributed by atoms with Gasteiger partial charge in [-0.15, -0.1) is 0 Å². The summed E-state index contributed by atoms with van der Waals surface area (Å²) in [5.74, 6) is 0. The second kappa shape index (κ2) is 8.42. The lowest BCUT2D eigenvalue weighted by Crippen LogP contribution is -2.37. The van der Waals surface area contributed by atoms with Crippen molar-refractivity contribution in [2.45, 2.75) is 58.7 Å². The van der Waals surface area contributed by atoms with E-state index < -0.39 is 31.2 Å². The summed E-state index contributed by atoms with van der Waals surface area (Å²) in [5, 5.41) is 0. The number of hydrogen-bond acceptors (Lipinski definition) is 7. The summed E-state index contributed by atoms with van der Waals surface area (Å²) in [5.41, 5.74) is -0.999. The highest BCUT2D eigenvalue weighted by molar-refractivity contribution is 7.53. The van der Waals surface area contributed by atoms with Crippen molar-refractivity contribution in [3.05, 3.63) is 33.1 Å². The lowest BCUT2D eigenvalue weighted by atomic mass is 10.3. The van der Waals surface area contributed by atoms with Gasteiger partial charge in [-0.2, -0.15) is 0 Å². The molecule has 1 aliphatic heterocycles. The Morgan fingerprint density at radius 2 is 1.92 bits per heavy atom. The maximum Gasteiger partial charge on any atom is 0.356 e. The van der Waals surface area contributed by atoms with E-state index >= 15 is 0 Å². The van der Waals surface area contributed by atoms with Crippen molar-refractivity contribution in [1.29, 1.82) is 0 Å². The van der Waals surface area contributed by atoms with Gasteiger partial charge in [0.1, 0.15) is 12.6 Å². The fraction of sp³-hybridized carbons (Fsp3) is 0.733. The van der Waals surface area contributed by atoms with E-state index in [1.54, 1.807) is 27.7 Å². The van der Waals surface area contributed by atoms with Gasteiger partial charge >= 0.3 is 13.3 Å². The number of aromatic nitrogens is 2. The molecule has 9 nitrogen and oxygen atoms in total. The summed E-state index contributed by atoms with van der Waals surface area (Å²) in [7, 11) is -3.41. The highest BCUT2D eigenvalue weighted by Gasteiger charge is 2.34. The van der Waals surface area contributed by atoms with Crippen LogP contribution in [0.2, 0.25) is 0 Å². The summed E-state index contributed by atoms with van der Waals surface area (Å²) in [6, 6.07) is 1.25. The Labute approximate surface area is 145 Å². The van der Waals surface area contributed by atoms with Gasteiger partial charge in [-0.25, -0.2) is 9.36 Å². The first-order valence-corrected chi connectivity index (χ1v) is 9.92. The predicted octanol–water partition coefficient (Wildman–Crippen LogP) is 1.84. The van der Waals surface area contributed by atoms with Gasteiger partial charge in [-0.1, -0.05) is 0 Å². The monoisotopic (exact) mass is 376 g/mol. The average Bonchev–Trinajstić information content (AvgIpc) is 2.92. The normalized spacial score (nSPS) is 21.4. The van der Waals surface area contributed by atoms with Crippen molar-refractivity contribution in [3.8, 4) is 0 Å². The van der Waals surface area contributed by atoms with Crippen LogP contribution >= 0.6 is 7.60 Å². The maximum atomic E-state index is 12.7. The van der Waals surface area contributed by atoms with Gasteiger partial charge in [0.2, 0.25) is 0 Å². The Hall–Kier alpha value is -1.25. The van der Waals surface area contributed by atoms with E-state index in [4.69, 9.17) is 18.5 Å². The average molecular weight is 376 g/mol. The molecular formula is C15H25N2O7P. The zero-order chi connectivity index (χ0) is 18.6. The molecule has 0 radical (unpaired) electrons. The minimum atomic E-state index is -3.41. The summed E-state index contributed by atoms with van der Waals surface area (Å²) in [6.07, 6.45) is -0.340. The van der Waals surface area contributed by atoms with E-state index in [1.807, 2.05) is 0 Å². The molecule has 142 valence electrons. The molecule has 25 heavy (non-hydrogen) atoms. The van der Waals surface area contributed by atoms with Crippen LogP contribution < -0.4 is 11.2 Å². The number of hydrogen-bond donors (Lipinski definition) is 1. The number of nitrogens with zero attached hydrogens (tertiary/aromatic N) is 1. The molecule has 0 spiro atoms. The van der Waals surface area contributed by atoms with Crippen molar-refractivity contribution in [2.24, 2.45) is 0 Å². The van der Waals surface area contributed by atoms with Crippen LogP contribution in [0.25, 0.3) is 0 Å². The summed E-state index contributed by atoms with van der Waals surface area (Å²) < 4.78 is 35.7. The molecule has 1 fully saturated rings. The van der Waals surface area contributed by atoms with Gasteiger partial charge in [0.15, 0.2) is 0 Å².